The molecule has 1 N–H and O–H groups in total. The topological polar surface area (TPSA) is 89.0 Å². The van der Waals surface area contributed by atoms with E-state index in [0.29, 0.717) is 10.2 Å². The number of carbonyl (C=O) groups excluding carboxylic acids is 1. The summed E-state index contributed by atoms with van der Waals surface area (Å²) in [7, 11) is -4.30. The highest BCUT2D eigenvalue weighted by atomic mass is 32.2. The molecule has 0 aliphatic rings. The fraction of sp³-hybridized carbons (Fsp3) is 0. The molecule has 22 heavy (non-hydrogen) atoms. The number of aromatic nitrogens is 2. The molecule has 0 saturated carbocycles. The van der Waals surface area contributed by atoms with Gasteiger partial charge in [-0.05, 0) is 35.8 Å². The highest BCUT2D eigenvalue weighted by Crippen LogP contribution is 2.21. The standard InChI is InChI=1S/C13H8FN3O3S2/c14-9-5-1-2-7-11(9)22(19,20)16-13(18)8-4-3-6-10-12(8)21-17-15-10/h1-7H,(H,16,18). The second kappa shape index (κ2) is 5.43. The second-order valence-electron chi connectivity index (χ2n) is 4.29. The van der Waals surface area contributed by atoms with E-state index in [1.165, 1.54) is 18.2 Å². The van der Waals surface area contributed by atoms with Crippen molar-refractivity contribution in [2.24, 2.45) is 0 Å². The molecule has 0 spiro atoms. The van der Waals surface area contributed by atoms with Gasteiger partial charge in [0.05, 0.1) is 10.3 Å². The number of hydrogen-bond donors (Lipinski definition) is 1. The van der Waals surface area contributed by atoms with Crippen molar-refractivity contribution in [3.8, 4) is 0 Å². The van der Waals surface area contributed by atoms with Gasteiger partial charge in [-0.25, -0.2) is 17.5 Å². The Kier molecular flexibility index (Phi) is 3.59. The van der Waals surface area contributed by atoms with Crippen LogP contribution in [0.5, 0.6) is 0 Å². The highest BCUT2D eigenvalue weighted by molar-refractivity contribution is 7.90. The zero-order valence-electron chi connectivity index (χ0n) is 10.9. The largest absolute Gasteiger partial charge is 0.268 e. The summed E-state index contributed by atoms with van der Waals surface area (Å²) in [6.45, 7) is 0. The monoisotopic (exact) mass is 337 g/mol. The summed E-state index contributed by atoms with van der Waals surface area (Å²) in [6.07, 6.45) is 0. The maximum absolute atomic E-state index is 13.6. The summed E-state index contributed by atoms with van der Waals surface area (Å²) < 4.78 is 43.8. The first kappa shape index (κ1) is 14.5. The SMILES string of the molecule is O=C(NS(=O)(=O)c1ccccc1F)c1cccc2nnsc12. The lowest BCUT2D eigenvalue weighted by Gasteiger charge is -2.07. The third kappa shape index (κ3) is 2.55. The molecule has 0 aliphatic carbocycles. The van der Waals surface area contributed by atoms with E-state index in [-0.39, 0.29) is 5.56 Å². The minimum Gasteiger partial charge on any atom is -0.268 e. The van der Waals surface area contributed by atoms with Crippen LogP contribution in [0.4, 0.5) is 4.39 Å². The molecule has 1 amide bonds. The molecule has 0 fully saturated rings. The van der Waals surface area contributed by atoms with Crippen LogP contribution in [0.1, 0.15) is 10.4 Å². The predicted octanol–water partition coefficient (Wildman–Crippen LogP) is 1.95. The van der Waals surface area contributed by atoms with E-state index in [1.54, 1.807) is 12.1 Å². The summed E-state index contributed by atoms with van der Waals surface area (Å²) >= 11 is 0.976. The van der Waals surface area contributed by atoms with Gasteiger partial charge in [-0.1, -0.05) is 22.7 Å². The van der Waals surface area contributed by atoms with Gasteiger partial charge in [-0.2, -0.15) is 0 Å². The Bertz CT molecular complexity index is 969. The van der Waals surface area contributed by atoms with Crippen LogP contribution in [0.2, 0.25) is 0 Å². The van der Waals surface area contributed by atoms with Gasteiger partial charge in [0.15, 0.2) is 0 Å². The van der Waals surface area contributed by atoms with Gasteiger partial charge in [0.1, 0.15) is 16.2 Å². The molecule has 9 heteroatoms. The van der Waals surface area contributed by atoms with E-state index in [2.05, 4.69) is 9.59 Å². The van der Waals surface area contributed by atoms with Crippen LogP contribution in [0.3, 0.4) is 0 Å². The predicted molar refractivity (Wildman–Crippen MR) is 78.5 cm³/mol. The molecule has 0 radical (unpaired) electrons. The fourth-order valence-corrected chi connectivity index (χ4v) is 3.60. The van der Waals surface area contributed by atoms with Crippen molar-refractivity contribution < 1.29 is 17.6 Å². The molecule has 0 atom stereocenters. The zero-order chi connectivity index (χ0) is 15.7. The number of benzene rings is 2. The van der Waals surface area contributed by atoms with Gasteiger partial charge in [0, 0.05) is 0 Å². The van der Waals surface area contributed by atoms with Crippen LogP contribution in [0.25, 0.3) is 10.2 Å². The summed E-state index contributed by atoms with van der Waals surface area (Å²) in [5.74, 6) is -1.79. The Labute approximate surface area is 128 Å². The average molecular weight is 337 g/mol. The lowest BCUT2D eigenvalue weighted by Crippen LogP contribution is -2.31. The number of nitrogens with one attached hydrogen (secondary N) is 1. The van der Waals surface area contributed by atoms with E-state index in [1.807, 2.05) is 4.72 Å². The van der Waals surface area contributed by atoms with Crippen molar-refractivity contribution >= 4 is 37.7 Å². The van der Waals surface area contributed by atoms with Gasteiger partial charge in [-0.3, -0.25) is 4.79 Å². The molecular weight excluding hydrogens is 329 g/mol. The number of sulfonamides is 1. The average Bonchev–Trinajstić information content (AvgIpc) is 2.95. The maximum Gasteiger partial charge on any atom is 0.267 e. The number of fused-ring (bicyclic) bond motifs is 1. The minimum absolute atomic E-state index is 0.118. The molecule has 2 aromatic carbocycles. The Morgan fingerprint density at radius 1 is 1.14 bits per heavy atom. The normalized spacial score (nSPS) is 11.5. The van der Waals surface area contributed by atoms with Crippen molar-refractivity contribution in [3.63, 3.8) is 0 Å². The van der Waals surface area contributed by atoms with Crippen LogP contribution in [0, 0.1) is 5.82 Å². The third-order valence-electron chi connectivity index (χ3n) is 2.87. The van der Waals surface area contributed by atoms with Crippen LogP contribution in [-0.2, 0) is 10.0 Å². The Morgan fingerprint density at radius 3 is 2.68 bits per heavy atom. The van der Waals surface area contributed by atoms with Crippen LogP contribution < -0.4 is 4.72 Å². The quantitative estimate of drug-likeness (QED) is 0.789. The van der Waals surface area contributed by atoms with Crippen molar-refractivity contribution in [2.75, 3.05) is 0 Å². The van der Waals surface area contributed by atoms with E-state index in [0.717, 1.165) is 23.7 Å². The van der Waals surface area contributed by atoms with Crippen LogP contribution >= 0.6 is 11.5 Å². The summed E-state index contributed by atoms with van der Waals surface area (Å²) in [6, 6.07) is 9.49. The van der Waals surface area contributed by atoms with Gasteiger partial charge in [0.2, 0.25) is 0 Å². The van der Waals surface area contributed by atoms with E-state index in [4.69, 9.17) is 0 Å². The Balaban J connectivity index is 1.98. The maximum atomic E-state index is 13.6. The van der Waals surface area contributed by atoms with E-state index >= 15 is 0 Å². The first-order chi connectivity index (χ1) is 10.5. The number of carbonyl (C=O) groups is 1. The molecule has 1 aromatic heterocycles. The lowest BCUT2D eigenvalue weighted by molar-refractivity contribution is 0.0983. The number of nitrogens with zero attached hydrogens (tertiary/aromatic N) is 2. The molecule has 0 saturated heterocycles. The molecule has 6 nitrogen and oxygen atoms in total. The number of hydrogen-bond acceptors (Lipinski definition) is 6. The minimum atomic E-state index is -4.30. The molecule has 1 heterocycles. The first-order valence-electron chi connectivity index (χ1n) is 6.02. The Morgan fingerprint density at radius 2 is 1.91 bits per heavy atom. The smallest absolute Gasteiger partial charge is 0.267 e. The van der Waals surface area contributed by atoms with Crippen LogP contribution in [0.15, 0.2) is 47.4 Å². The molecule has 3 rings (SSSR count). The molecule has 0 bridgehead atoms. The van der Waals surface area contributed by atoms with Gasteiger partial charge >= 0.3 is 0 Å². The number of halogens is 1. The molecule has 3 aromatic rings. The molecule has 112 valence electrons. The lowest BCUT2D eigenvalue weighted by atomic mass is 10.2. The van der Waals surface area contributed by atoms with Crippen molar-refractivity contribution in [1.29, 1.82) is 0 Å². The molecule has 0 unspecified atom stereocenters. The van der Waals surface area contributed by atoms with Gasteiger partial charge in [-0.15, -0.1) is 5.10 Å². The van der Waals surface area contributed by atoms with Crippen molar-refractivity contribution in [2.45, 2.75) is 4.90 Å². The summed E-state index contributed by atoms with van der Waals surface area (Å²) in [5.41, 5.74) is 0.605. The van der Waals surface area contributed by atoms with Gasteiger partial charge < -0.3 is 0 Å². The van der Waals surface area contributed by atoms with E-state index < -0.39 is 26.6 Å². The van der Waals surface area contributed by atoms with E-state index in [9.17, 15) is 17.6 Å². The summed E-state index contributed by atoms with van der Waals surface area (Å²) in [5, 5.41) is 3.81. The fourth-order valence-electron chi connectivity index (χ4n) is 1.88. The van der Waals surface area contributed by atoms with Crippen LogP contribution in [-0.4, -0.2) is 23.9 Å². The van der Waals surface area contributed by atoms with Gasteiger partial charge in [0.25, 0.3) is 15.9 Å². The zero-order valence-corrected chi connectivity index (χ0v) is 12.5. The second-order valence-corrected chi connectivity index (χ2v) is 6.70. The number of rotatable bonds is 3. The first-order valence-corrected chi connectivity index (χ1v) is 8.27. The third-order valence-corrected chi connectivity index (χ3v) is 5.01. The highest BCUT2D eigenvalue weighted by Gasteiger charge is 2.23. The number of amides is 1. The van der Waals surface area contributed by atoms with Crippen molar-refractivity contribution in [1.82, 2.24) is 14.3 Å². The molecular formula is C13H8FN3O3S2. The summed E-state index contributed by atoms with van der Waals surface area (Å²) in [4.78, 5) is 11.6. The molecule has 0 aliphatic heterocycles. The Hall–Kier alpha value is -2.39. The van der Waals surface area contributed by atoms with Crippen molar-refractivity contribution in [3.05, 3.63) is 53.8 Å².